The van der Waals surface area contributed by atoms with Crippen molar-refractivity contribution >= 4 is 16.5 Å². The minimum Gasteiger partial charge on any atom is -0.378 e. The van der Waals surface area contributed by atoms with Gasteiger partial charge in [-0.25, -0.2) is 0 Å². The summed E-state index contributed by atoms with van der Waals surface area (Å²) in [5.41, 5.74) is 3.39. The molecule has 2 heteroatoms. The molecule has 0 bridgehead atoms. The zero-order valence-electron chi connectivity index (χ0n) is 11.2. The highest BCUT2D eigenvalue weighted by atomic mass is 15.1. The first-order chi connectivity index (χ1) is 9.25. The van der Waals surface area contributed by atoms with Crippen LogP contribution in [0.4, 0.5) is 5.69 Å². The summed E-state index contributed by atoms with van der Waals surface area (Å²) in [6, 6.07) is 18.9. The summed E-state index contributed by atoms with van der Waals surface area (Å²) in [6.07, 6.45) is 1.88. The molecule has 0 aliphatic carbocycles. The lowest BCUT2D eigenvalue weighted by atomic mass is 10.0. The zero-order chi connectivity index (χ0) is 13.2. The lowest BCUT2D eigenvalue weighted by Gasteiger charge is -2.14. The Labute approximate surface area is 113 Å². The molecule has 94 valence electrons. The molecule has 0 N–H and O–H groups in total. The van der Waals surface area contributed by atoms with Crippen molar-refractivity contribution < 1.29 is 0 Å². The number of pyridine rings is 1. The van der Waals surface area contributed by atoms with Crippen molar-refractivity contribution in [3.8, 4) is 11.3 Å². The normalized spacial score (nSPS) is 10.6. The van der Waals surface area contributed by atoms with E-state index >= 15 is 0 Å². The van der Waals surface area contributed by atoms with E-state index in [2.05, 4.69) is 60.4 Å². The molecule has 0 saturated heterocycles. The van der Waals surface area contributed by atoms with Crippen LogP contribution in [0.1, 0.15) is 0 Å². The number of nitrogens with zero attached hydrogens (tertiary/aromatic N) is 2. The van der Waals surface area contributed by atoms with Crippen LogP contribution in [0.2, 0.25) is 0 Å². The Morgan fingerprint density at radius 2 is 1.68 bits per heavy atom. The second kappa shape index (κ2) is 4.73. The van der Waals surface area contributed by atoms with Gasteiger partial charge in [-0.1, -0.05) is 36.4 Å². The van der Waals surface area contributed by atoms with Gasteiger partial charge in [-0.3, -0.25) is 4.98 Å². The van der Waals surface area contributed by atoms with E-state index in [0.717, 1.165) is 11.3 Å². The van der Waals surface area contributed by atoms with Gasteiger partial charge in [0.2, 0.25) is 0 Å². The van der Waals surface area contributed by atoms with Gasteiger partial charge in [-0.05, 0) is 23.6 Å². The molecule has 0 aliphatic heterocycles. The van der Waals surface area contributed by atoms with Crippen molar-refractivity contribution in [3.05, 3.63) is 60.8 Å². The van der Waals surface area contributed by atoms with Crippen molar-refractivity contribution in [2.45, 2.75) is 0 Å². The molecule has 1 aromatic heterocycles. The molecule has 19 heavy (non-hydrogen) atoms. The first kappa shape index (κ1) is 11.7. The van der Waals surface area contributed by atoms with Crippen LogP contribution in [0.15, 0.2) is 60.8 Å². The maximum absolute atomic E-state index is 4.56. The summed E-state index contributed by atoms with van der Waals surface area (Å²) < 4.78 is 0. The minimum atomic E-state index is 1.04. The highest BCUT2D eigenvalue weighted by molar-refractivity contribution is 5.96. The number of benzene rings is 2. The van der Waals surface area contributed by atoms with E-state index in [1.54, 1.807) is 0 Å². The average Bonchev–Trinajstić information content (AvgIpc) is 2.47. The largest absolute Gasteiger partial charge is 0.378 e. The van der Waals surface area contributed by atoms with Crippen LogP contribution in [0, 0.1) is 0 Å². The van der Waals surface area contributed by atoms with Crippen molar-refractivity contribution in [1.82, 2.24) is 4.98 Å². The first-order valence-electron chi connectivity index (χ1n) is 6.37. The molecular formula is C17H16N2. The fraction of sp³-hybridized carbons (Fsp3) is 0.118. The van der Waals surface area contributed by atoms with Crippen molar-refractivity contribution in [2.75, 3.05) is 19.0 Å². The Kier molecular flexibility index (Phi) is 2.92. The van der Waals surface area contributed by atoms with Crippen molar-refractivity contribution in [1.29, 1.82) is 0 Å². The molecule has 0 amide bonds. The molecule has 0 radical (unpaired) electrons. The Morgan fingerprint density at radius 3 is 2.42 bits per heavy atom. The fourth-order valence-electron chi connectivity index (χ4n) is 2.26. The molecular weight excluding hydrogens is 232 g/mol. The van der Waals surface area contributed by atoms with E-state index in [9.17, 15) is 0 Å². The lowest BCUT2D eigenvalue weighted by Crippen LogP contribution is -2.08. The third-order valence-corrected chi connectivity index (χ3v) is 3.31. The molecule has 0 saturated carbocycles. The predicted molar refractivity (Wildman–Crippen MR) is 81.5 cm³/mol. The Morgan fingerprint density at radius 1 is 0.895 bits per heavy atom. The standard InChI is InChI=1S/C17H16N2/c1-19(2)15-9-8-13-10-11-18-17(16(13)12-15)14-6-4-3-5-7-14/h3-12H,1-2H3. The van der Waals surface area contributed by atoms with Gasteiger partial charge in [0.15, 0.2) is 0 Å². The van der Waals surface area contributed by atoms with Gasteiger partial charge in [0.05, 0.1) is 5.69 Å². The summed E-state index contributed by atoms with van der Waals surface area (Å²) in [7, 11) is 4.11. The highest BCUT2D eigenvalue weighted by Crippen LogP contribution is 2.29. The second-order valence-electron chi connectivity index (χ2n) is 4.83. The van der Waals surface area contributed by atoms with Gasteiger partial charge in [-0.15, -0.1) is 0 Å². The monoisotopic (exact) mass is 248 g/mol. The molecule has 1 heterocycles. The second-order valence-corrected chi connectivity index (χ2v) is 4.83. The molecule has 0 spiro atoms. The summed E-state index contributed by atoms with van der Waals surface area (Å²) >= 11 is 0. The van der Waals surface area contributed by atoms with Gasteiger partial charge in [0.25, 0.3) is 0 Å². The predicted octanol–water partition coefficient (Wildman–Crippen LogP) is 3.97. The molecule has 0 fully saturated rings. The Balaban J connectivity index is 2.27. The van der Waals surface area contributed by atoms with E-state index in [0.29, 0.717) is 0 Å². The molecule has 3 rings (SSSR count). The van der Waals surface area contributed by atoms with E-state index in [1.165, 1.54) is 16.5 Å². The van der Waals surface area contributed by atoms with E-state index in [4.69, 9.17) is 0 Å². The van der Waals surface area contributed by atoms with Crippen LogP contribution in [-0.2, 0) is 0 Å². The molecule has 3 aromatic rings. The number of hydrogen-bond donors (Lipinski definition) is 0. The minimum absolute atomic E-state index is 1.04. The van der Waals surface area contributed by atoms with E-state index in [-0.39, 0.29) is 0 Å². The first-order valence-corrected chi connectivity index (χ1v) is 6.37. The van der Waals surface area contributed by atoms with Crippen LogP contribution in [-0.4, -0.2) is 19.1 Å². The highest BCUT2D eigenvalue weighted by Gasteiger charge is 2.06. The van der Waals surface area contributed by atoms with Crippen LogP contribution in [0.3, 0.4) is 0 Å². The van der Waals surface area contributed by atoms with E-state index < -0.39 is 0 Å². The van der Waals surface area contributed by atoms with Gasteiger partial charge in [-0.2, -0.15) is 0 Å². The zero-order valence-corrected chi connectivity index (χ0v) is 11.2. The van der Waals surface area contributed by atoms with Gasteiger partial charge >= 0.3 is 0 Å². The number of rotatable bonds is 2. The third-order valence-electron chi connectivity index (χ3n) is 3.31. The van der Waals surface area contributed by atoms with Crippen LogP contribution in [0.5, 0.6) is 0 Å². The number of aromatic nitrogens is 1. The molecule has 2 nitrogen and oxygen atoms in total. The topological polar surface area (TPSA) is 16.1 Å². The van der Waals surface area contributed by atoms with Crippen molar-refractivity contribution in [2.24, 2.45) is 0 Å². The lowest BCUT2D eigenvalue weighted by molar-refractivity contribution is 1.13. The van der Waals surface area contributed by atoms with E-state index in [1.807, 2.05) is 24.4 Å². The quantitative estimate of drug-likeness (QED) is 0.682. The molecule has 0 aliphatic rings. The summed E-state index contributed by atoms with van der Waals surface area (Å²) in [5, 5.41) is 2.42. The number of anilines is 1. The molecule has 0 unspecified atom stereocenters. The van der Waals surface area contributed by atoms with Crippen LogP contribution >= 0.6 is 0 Å². The van der Waals surface area contributed by atoms with Gasteiger partial charge in [0, 0.05) is 36.9 Å². The molecule has 0 atom stereocenters. The maximum Gasteiger partial charge on any atom is 0.0781 e. The molecule has 2 aromatic carbocycles. The summed E-state index contributed by atoms with van der Waals surface area (Å²) in [4.78, 5) is 6.67. The van der Waals surface area contributed by atoms with Crippen LogP contribution in [0.25, 0.3) is 22.0 Å². The smallest absolute Gasteiger partial charge is 0.0781 e. The fourth-order valence-corrected chi connectivity index (χ4v) is 2.26. The third kappa shape index (κ3) is 2.17. The summed E-state index contributed by atoms with van der Waals surface area (Å²) in [6.45, 7) is 0. The number of hydrogen-bond acceptors (Lipinski definition) is 2. The van der Waals surface area contributed by atoms with Gasteiger partial charge in [0.1, 0.15) is 0 Å². The Bertz CT molecular complexity index is 703. The van der Waals surface area contributed by atoms with Crippen LogP contribution < -0.4 is 4.90 Å². The average molecular weight is 248 g/mol. The summed E-state index contributed by atoms with van der Waals surface area (Å²) in [5.74, 6) is 0. The van der Waals surface area contributed by atoms with Gasteiger partial charge < -0.3 is 4.90 Å². The number of fused-ring (bicyclic) bond motifs is 1. The maximum atomic E-state index is 4.56. The Hall–Kier alpha value is -2.35. The SMILES string of the molecule is CN(C)c1ccc2ccnc(-c3ccccc3)c2c1. The van der Waals surface area contributed by atoms with Crippen molar-refractivity contribution in [3.63, 3.8) is 0 Å².